The smallest absolute Gasteiger partial charge is 0.307 e. The van der Waals surface area contributed by atoms with Crippen molar-refractivity contribution in [3.05, 3.63) is 59.7 Å². The monoisotopic (exact) mass is 390 g/mol. The molecule has 0 radical (unpaired) electrons. The van der Waals surface area contributed by atoms with Gasteiger partial charge in [0.05, 0.1) is 11.3 Å². The van der Waals surface area contributed by atoms with E-state index in [1.54, 1.807) is 45.0 Å². The van der Waals surface area contributed by atoms with E-state index in [1.165, 1.54) is 24.3 Å². The summed E-state index contributed by atoms with van der Waals surface area (Å²) in [5, 5.41) is 11.4. The summed E-state index contributed by atoms with van der Waals surface area (Å²) in [6.07, 6.45) is -0.0905. The molecule has 0 unspecified atom stereocenters. The van der Waals surface area contributed by atoms with E-state index in [0.29, 0.717) is 16.8 Å². The lowest BCUT2D eigenvalue weighted by atomic mass is 10.1. The van der Waals surface area contributed by atoms with E-state index in [4.69, 9.17) is 5.11 Å². The van der Waals surface area contributed by atoms with Gasteiger partial charge >= 0.3 is 5.97 Å². The molecule has 0 aliphatic rings. The highest BCUT2D eigenvalue weighted by Gasteiger charge is 2.22. The molecule has 0 atom stereocenters. The Morgan fingerprint density at radius 1 is 0.963 bits per heavy atom. The Balaban J connectivity index is 2.08. The van der Waals surface area contributed by atoms with Crippen molar-refractivity contribution in [1.82, 2.24) is 4.72 Å². The number of nitrogens with one attached hydrogen (secondary N) is 2. The molecular weight excluding hydrogens is 368 g/mol. The molecule has 0 heterocycles. The van der Waals surface area contributed by atoms with Crippen LogP contribution in [0.15, 0.2) is 53.4 Å². The standard InChI is InChI=1S/C19H22N2O5S/c1-19(2,3)21-27(25,26)16-10-6-14(7-11-16)18(24)20-15-8-4-13(5-9-15)12-17(22)23/h4-11,21H,12H2,1-3H3,(H,20,24)(H,22,23). The Labute approximate surface area is 158 Å². The summed E-state index contributed by atoms with van der Waals surface area (Å²) in [5.74, 6) is -1.32. The normalized spacial score (nSPS) is 11.8. The maximum absolute atomic E-state index is 12.3. The van der Waals surface area contributed by atoms with Crippen LogP contribution in [0.2, 0.25) is 0 Å². The third-order valence-electron chi connectivity index (χ3n) is 3.43. The molecule has 0 bridgehead atoms. The number of amides is 1. The highest BCUT2D eigenvalue weighted by Crippen LogP contribution is 2.16. The first-order valence-corrected chi connectivity index (χ1v) is 9.71. The van der Waals surface area contributed by atoms with Crippen LogP contribution in [-0.4, -0.2) is 30.9 Å². The third-order valence-corrected chi connectivity index (χ3v) is 5.21. The van der Waals surface area contributed by atoms with Crippen LogP contribution in [0.3, 0.4) is 0 Å². The molecule has 0 spiro atoms. The molecule has 27 heavy (non-hydrogen) atoms. The molecule has 0 saturated heterocycles. The van der Waals surface area contributed by atoms with Gasteiger partial charge in [-0.1, -0.05) is 12.1 Å². The Morgan fingerprint density at radius 2 is 1.52 bits per heavy atom. The number of carbonyl (C=O) groups excluding carboxylic acids is 1. The van der Waals surface area contributed by atoms with E-state index < -0.39 is 27.4 Å². The second-order valence-corrected chi connectivity index (χ2v) is 8.78. The van der Waals surface area contributed by atoms with Crippen LogP contribution in [0.1, 0.15) is 36.7 Å². The van der Waals surface area contributed by atoms with Crippen molar-refractivity contribution in [1.29, 1.82) is 0 Å². The average molecular weight is 390 g/mol. The SMILES string of the molecule is CC(C)(C)NS(=O)(=O)c1ccc(C(=O)Nc2ccc(CC(=O)O)cc2)cc1. The van der Waals surface area contributed by atoms with Crippen molar-refractivity contribution in [2.75, 3.05) is 5.32 Å². The first-order valence-electron chi connectivity index (χ1n) is 8.22. The summed E-state index contributed by atoms with van der Waals surface area (Å²) >= 11 is 0. The summed E-state index contributed by atoms with van der Waals surface area (Å²) < 4.78 is 27.1. The minimum absolute atomic E-state index is 0.0759. The highest BCUT2D eigenvalue weighted by molar-refractivity contribution is 7.89. The predicted molar refractivity (Wildman–Crippen MR) is 102 cm³/mol. The van der Waals surface area contributed by atoms with E-state index in [2.05, 4.69) is 10.0 Å². The molecule has 2 aromatic rings. The summed E-state index contributed by atoms with van der Waals surface area (Å²) in [6.45, 7) is 5.23. The molecule has 3 N–H and O–H groups in total. The van der Waals surface area contributed by atoms with Crippen molar-refractivity contribution in [2.24, 2.45) is 0 Å². The number of hydrogen-bond donors (Lipinski definition) is 3. The fourth-order valence-electron chi connectivity index (χ4n) is 2.33. The largest absolute Gasteiger partial charge is 0.481 e. The van der Waals surface area contributed by atoms with Crippen molar-refractivity contribution >= 4 is 27.6 Å². The zero-order chi connectivity index (χ0) is 20.2. The van der Waals surface area contributed by atoms with Crippen molar-refractivity contribution in [3.8, 4) is 0 Å². The van der Waals surface area contributed by atoms with Gasteiger partial charge in [-0.15, -0.1) is 0 Å². The van der Waals surface area contributed by atoms with Crippen LogP contribution in [0.25, 0.3) is 0 Å². The molecule has 0 aliphatic heterocycles. The summed E-state index contributed by atoms with van der Waals surface area (Å²) in [4.78, 5) is 23.0. The van der Waals surface area contributed by atoms with Crippen LogP contribution in [0, 0.1) is 0 Å². The minimum atomic E-state index is -3.66. The first-order chi connectivity index (χ1) is 12.5. The van der Waals surface area contributed by atoms with Gasteiger partial charge < -0.3 is 10.4 Å². The molecule has 144 valence electrons. The molecule has 0 aromatic heterocycles. The van der Waals surface area contributed by atoms with E-state index in [1.807, 2.05) is 0 Å². The maximum atomic E-state index is 12.3. The number of carboxylic acids is 1. The molecule has 1 amide bonds. The average Bonchev–Trinajstić information content (AvgIpc) is 2.54. The van der Waals surface area contributed by atoms with Gasteiger partial charge in [0.15, 0.2) is 0 Å². The lowest BCUT2D eigenvalue weighted by Crippen LogP contribution is -2.40. The third kappa shape index (κ3) is 6.19. The minimum Gasteiger partial charge on any atom is -0.481 e. The van der Waals surface area contributed by atoms with Gasteiger partial charge in [-0.05, 0) is 62.7 Å². The van der Waals surface area contributed by atoms with Gasteiger partial charge in [-0.25, -0.2) is 13.1 Å². The fraction of sp³-hybridized carbons (Fsp3) is 0.263. The number of benzene rings is 2. The van der Waals surface area contributed by atoms with Crippen LogP contribution in [0.5, 0.6) is 0 Å². The van der Waals surface area contributed by atoms with Crippen LogP contribution < -0.4 is 10.0 Å². The quantitative estimate of drug-likeness (QED) is 0.702. The Hall–Kier alpha value is -2.71. The highest BCUT2D eigenvalue weighted by atomic mass is 32.2. The lowest BCUT2D eigenvalue weighted by Gasteiger charge is -2.20. The fourth-order valence-corrected chi connectivity index (χ4v) is 3.75. The maximum Gasteiger partial charge on any atom is 0.307 e. The second kappa shape index (κ2) is 7.89. The van der Waals surface area contributed by atoms with Gasteiger partial charge in [-0.3, -0.25) is 9.59 Å². The Morgan fingerprint density at radius 3 is 2.00 bits per heavy atom. The van der Waals surface area contributed by atoms with Gasteiger partial charge in [-0.2, -0.15) is 0 Å². The van der Waals surface area contributed by atoms with Gasteiger partial charge in [0, 0.05) is 16.8 Å². The predicted octanol–water partition coefficient (Wildman–Crippen LogP) is 2.64. The van der Waals surface area contributed by atoms with E-state index >= 15 is 0 Å². The van der Waals surface area contributed by atoms with Crippen molar-refractivity contribution < 1.29 is 23.1 Å². The number of carboxylic acid groups (broad SMARTS) is 1. The molecule has 2 rings (SSSR count). The van der Waals surface area contributed by atoms with Crippen LogP contribution >= 0.6 is 0 Å². The molecule has 8 heteroatoms. The zero-order valence-electron chi connectivity index (χ0n) is 15.3. The van der Waals surface area contributed by atoms with Crippen molar-refractivity contribution in [2.45, 2.75) is 37.6 Å². The summed E-state index contributed by atoms with van der Waals surface area (Å²) in [6, 6.07) is 12.1. The summed E-state index contributed by atoms with van der Waals surface area (Å²) in [7, 11) is -3.66. The number of sulfonamides is 1. The topological polar surface area (TPSA) is 113 Å². The first kappa shape index (κ1) is 20.6. The number of carbonyl (C=O) groups is 2. The Bertz CT molecular complexity index is 928. The zero-order valence-corrected chi connectivity index (χ0v) is 16.1. The molecule has 0 fully saturated rings. The lowest BCUT2D eigenvalue weighted by molar-refractivity contribution is -0.136. The molecule has 2 aromatic carbocycles. The van der Waals surface area contributed by atoms with E-state index in [-0.39, 0.29) is 11.3 Å². The number of anilines is 1. The van der Waals surface area contributed by atoms with E-state index in [0.717, 1.165) is 0 Å². The number of aliphatic carboxylic acids is 1. The second-order valence-electron chi connectivity index (χ2n) is 7.10. The molecule has 0 saturated carbocycles. The van der Waals surface area contributed by atoms with Crippen molar-refractivity contribution in [3.63, 3.8) is 0 Å². The van der Waals surface area contributed by atoms with Gasteiger partial charge in [0.25, 0.3) is 5.91 Å². The van der Waals surface area contributed by atoms with E-state index in [9.17, 15) is 18.0 Å². The van der Waals surface area contributed by atoms with Crippen LogP contribution in [0.4, 0.5) is 5.69 Å². The number of hydrogen-bond acceptors (Lipinski definition) is 4. The van der Waals surface area contributed by atoms with Gasteiger partial charge in [0.1, 0.15) is 0 Å². The Kier molecular flexibility index (Phi) is 6.02. The molecule has 0 aliphatic carbocycles. The summed E-state index contributed by atoms with van der Waals surface area (Å²) in [5.41, 5.74) is 0.836. The molecular formula is C19H22N2O5S. The van der Waals surface area contributed by atoms with Gasteiger partial charge in [0.2, 0.25) is 10.0 Å². The number of rotatable bonds is 6. The van der Waals surface area contributed by atoms with Crippen LogP contribution in [-0.2, 0) is 21.2 Å². The molecule has 7 nitrogen and oxygen atoms in total.